The van der Waals surface area contributed by atoms with Gasteiger partial charge in [-0.25, -0.2) is 4.79 Å². The number of cyclic esters (lactones) is 1. The highest BCUT2D eigenvalue weighted by Crippen LogP contribution is 2.35. The molecular weight excluding hydrogens is 286 g/mol. The molecule has 2 unspecified atom stereocenters. The molecule has 3 rings (SSSR count). The third-order valence-corrected chi connectivity index (χ3v) is 3.67. The maximum absolute atomic E-state index is 12.0. The van der Waals surface area contributed by atoms with Gasteiger partial charge in [0.05, 0.1) is 12.2 Å². The molecule has 116 valence electrons. The van der Waals surface area contributed by atoms with Gasteiger partial charge in [0.25, 0.3) is 0 Å². The second kappa shape index (κ2) is 6.16. The molecule has 1 aromatic carbocycles. The standard InChI is InChI=1S/C16H17NO5/c1-2-12(18)4-5-13-10-17(16(19)22-13)11-3-6-14-15(9-11)21-8-7-20-14/h1,3,6,9,12-13,18H,4-5,7-8,10H2. The molecule has 2 atom stereocenters. The average Bonchev–Trinajstić information content (AvgIpc) is 2.93. The minimum Gasteiger partial charge on any atom is -0.486 e. The van der Waals surface area contributed by atoms with E-state index >= 15 is 0 Å². The van der Waals surface area contributed by atoms with E-state index in [0.717, 1.165) is 0 Å². The highest BCUT2D eigenvalue weighted by molar-refractivity contribution is 5.90. The third kappa shape index (κ3) is 2.95. The van der Waals surface area contributed by atoms with Crippen LogP contribution in [0.25, 0.3) is 0 Å². The largest absolute Gasteiger partial charge is 0.486 e. The number of carbonyl (C=O) groups is 1. The smallest absolute Gasteiger partial charge is 0.414 e. The van der Waals surface area contributed by atoms with Gasteiger partial charge in [0.1, 0.15) is 25.4 Å². The fourth-order valence-corrected chi connectivity index (χ4v) is 2.51. The van der Waals surface area contributed by atoms with Crippen LogP contribution in [0.5, 0.6) is 11.5 Å². The highest BCUT2D eigenvalue weighted by atomic mass is 16.6. The SMILES string of the molecule is C#CC(O)CCC1CN(c2ccc3c(c2)OCCO3)C(=O)O1. The topological polar surface area (TPSA) is 68.2 Å². The second-order valence-electron chi connectivity index (χ2n) is 5.20. The Morgan fingerprint density at radius 1 is 1.36 bits per heavy atom. The number of amides is 1. The summed E-state index contributed by atoms with van der Waals surface area (Å²) in [5.41, 5.74) is 0.703. The highest BCUT2D eigenvalue weighted by Gasteiger charge is 2.33. The zero-order valence-corrected chi connectivity index (χ0v) is 12.0. The number of carbonyl (C=O) groups excluding carboxylic acids is 1. The van der Waals surface area contributed by atoms with Gasteiger partial charge in [-0.1, -0.05) is 5.92 Å². The number of benzene rings is 1. The van der Waals surface area contributed by atoms with Gasteiger partial charge >= 0.3 is 6.09 Å². The predicted octanol–water partition coefficient (Wildman–Crippen LogP) is 1.56. The molecule has 1 amide bonds. The maximum Gasteiger partial charge on any atom is 0.414 e. The summed E-state index contributed by atoms with van der Waals surface area (Å²) in [4.78, 5) is 13.5. The first-order chi connectivity index (χ1) is 10.7. The number of ether oxygens (including phenoxy) is 3. The molecule has 0 aromatic heterocycles. The van der Waals surface area contributed by atoms with Crippen molar-refractivity contribution in [2.24, 2.45) is 0 Å². The molecule has 1 aromatic rings. The van der Waals surface area contributed by atoms with Crippen LogP contribution < -0.4 is 14.4 Å². The Balaban J connectivity index is 1.67. The number of aliphatic hydroxyl groups excluding tert-OH is 1. The third-order valence-electron chi connectivity index (χ3n) is 3.67. The number of fused-ring (bicyclic) bond motifs is 1. The lowest BCUT2D eigenvalue weighted by Crippen LogP contribution is -2.25. The molecule has 6 nitrogen and oxygen atoms in total. The predicted molar refractivity (Wildman–Crippen MR) is 79.1 cm³/mol. The minimum absolute atomic E-state index is 0.274. The Labute approximate surface area is 128 Å². The summed E-state index contributed by atoms with van der Waals surface area (Å²) >= 11 is 0. The summed E-state index contributed by atoms with van der Waals surface area (Å²) in [7, 11) is 0. The lowest BCUT2D eigenvalue weighted by molar-refractivity contribution is 0.124. The van der Waals surface area contributed by atoms with Gasteiger partial charge in [-0.2, -0.15) is 0 Å². The van der Waals surface area contributed by atoms with Crippen molar-refractivity contribution in [3.63, 3.8) is 0 Å². The fraction of sp³-hybridized carbons (Fsp3) is 0.438. The van der Waals surface area contributed by atoms with Crippen molar-refractivity contribution in [2.45, 2.75) is 25.0 Å². The van der Waals surface area contributed by atoms with E-state index in [1.165, 1.54) is 0 Å². The molecule has 0 aliphatic carbocycles. The van der Waals surface area contributed by atoms with Crippen molar-refractivity contribution in [1.29, 1.82) is 0 Å². The summed E-state index contributed by atoms with van der Waals surface area (Å²) in [6.45, 7) is 1.45. The van der Waals surface area contributed by atoms with Crippen LogP contribution in [0.3, 0.4) is 0 Å². The van der Waals surface area contributed by atoms with Gasteiger partial charge in [0.15, 0.2) is 11.5 Å². The van der Waals surface area contributed by atoms with Crippen molar-refractivity contribution < 1.29 is 24.1 Å². The molecule has 0 bridgehead atoms. The molecule has 1 fully saturated rings. The van der Waals surface area contributed by atoms with Crippen molar-refractivity contribution in [1.82, 2.24) is 0 Å². The van der Waals surface area contributed by atoms with Crippen LogP contribution in [-0.2, 0) is 4.74 Å². The van der Waals surface area contributed by atoms with E-state index in [-0.39, 0.29) is 6.10 Å². The Kier molecular flexibility index (Phi) is 4.07. The molecule has 1 N–H and O–H groups in total. The Morgan fingerprint density at radius 3 is 2.91 bits per heavy atom. The number of anilines is 1. The summed E-state index contributed by atoms with van der Waals surface area (Å²) < 4.78 is 16.3. The van der Waals surface area contributed by atoms with Crippen molar-refractivity contribution in [3.8, 4) is 23.8 Å². The molecule has 2 aliphatic heterocycles. The minimum atomic E-state index is -0.804. The molecule has 6 heteroatoms. The number of hydrogen-bond donors (Lipinski definition) is 1. The zero-order valence-electron chi connectivity index (χ0n) is 12.0. The van der Waals surface area contributed by atoms with E-state index in [4.69, 9.17) is 20.6 Å². The summed E-state index contributed by atoms with van der Waals surface area (Å²) in [6.07, 6.45) is 4.57. The Bertz CT molecular complexity index is 609. The van der Waals surface area contributed by atoms with Crippen molar-refractivity contribution >= 4 is 11.8 Å². The van der Waals surface area contributed by atoms with E-state index in [1.54, 1.807) is 23.1 Å². The van der Waals surface area contributed by atoms with E-state index in [1.807, 2.05) is 0 Å². The van der Waals surface area contributed by atoms with Gasteiger partial charge in [-0.15, -0.1) is 6.42 Å². The number of hydrogen-bond acceptors (Lipinski definition) is 5. The molecule has 1 saturated heterocycles. The van der Waals surface area contributed by atoms with Gasteiger partial charge in [-0.05, 0) is 25.0 Å². The van der Waals surface area contributed by atoms with Crippen LogP contribution in [0.15, 0.2) is 18.2 Å². The number of nitrogens with zero attached hydrogens (tertiary/aromatic N) is 1. The molecule has 22 heavy (non-hydrogen) atoms. The van der Waals surface area contributed by atoms with E-state index < -0.39 is 12.2 Å². The van der Waals surface area contributed by atoms with Crippen LogP contribution in [0.4, 0.5) is 10.5 Å². The number of rotatable bonds is 4. The van der Waals surface area contributed by atoms with Gasteiger partial charge in [-0.3, -0.25) is 4.90 Å². The maximum atomic E-state index is 12.0. The molecule has 0 saturated carbocycles. The quantitative estimate of drug-likeness (QED) is 0.855. The first kappa shape index (κ1) is 14.5. The molecular formula is C16H17NO5. The normalized spacial score (nSPS) is 21.2. The van der Waals surface area contributed by atoms with Gasteiger partial charge < -0.3 is 19.3 Å². The monoisotopic (exact) mass is 303 g/mol. The molecule has 2 aliphatic rings. The van der Waals surface area contributed by atoms with E-state index in [9.17, 15) is 9.90 Å². The molecule has 2 heterocycles. The zero-order chi connectivity index (χ0) is 15.5. The van der Waals surface area contributed by atoms with E-state index in [2.05, 4.69) is 5.92 Å². The van der Waals surface area contributed by atoms with Gasteiger partial charge in [0.2, 0.25) is 0 Å². The first-order valence-electron chi connectivity index (χ1n) is 7.19. The summed E-state index contributed by atoms with van der Waals surface area (Å²) in [6, 6.07) is 5.36. The summed E-state index contributed by atoms with van der Waals surface area (Å²) in [5.74, 6) is 3.55. The lowest BCUT2D eigenvalue weighted by Gasteiger charge is -2.21. The first-order valence-corrected chi connectivity index (χ1v) is 7.19. The molecule has 0 spiro atoms. The van der Waals surface area contributed by atoms with Crippen molar-refractivity contribution in [3.05, 3.63) is 18.2 Å². The van der Waals surface area contributed by atoms with Crippen LogP contribution in [0.1, 0.15) is 12.8 Å². The Hall–Kier alpha value is -2.39. The number of aliphatic hydroxyl groups is 1. The second-order valence-corrected chi connectivity index (χ2v) is 5.20. The number of terminal acetylenes is 1. The lowest BCUT2D eigenvalue weighted by atomic mass is 10.1. The fourth-order valence-electron chi connectivity index (χ4n) is 2.51. The molecule has 0 radical (unpaired) electrons. The van der Waals surface area contributed by atoms with Crippen LogP contribution in [0.2, 0.25) is 0 Å². The average molecular weight is 303 g/mol. The van der Waals surface area contributed by atoms with E-state index in [0.29, 0.717) is 49.8 Å². The summed E-state index contributed by atoms with van der Waals surface area (Å²) in [5, 5.41) is 9.38. The van der Waals surface area contributed by atoms with Crippen molar-refractivity contribution in [2.75, 3.05) is 24.7 Å². The van der Waals surface area contributed by atoms with Crippen LogP contribution in [-0.4, -0.2) is 43.2 Å². The Morgan fingerprint density at radius 2 is 2.14 bits per heavy atom. The van der Waals surface area contributed by atoms with Crippen LogP contribution in [0, 0.1) is 12.3 Å². The van der Waals surface area contributed by atoms with Crippen LogP contribution >= 0.6 is 0 Å². The van der Waals surface area contributed by atoms with Gasteiger partial charge in [0, 0.05) is 6.07 Å².